The number of aromatic amines is 1. The summed E-state index contributed by atoms with van der Waals surface area (Å²) in [6.45, 7) is 0. The van der Waals surface area contributed by atoms with Crippen molar-refractivity contribution in [3.05, 3.63) is 39.1 Å². The summed E-state index contributed by atoms with van der Waals surface area (Å²) in [5, 5.41) is 19.1. The molecule has 1 aromatic heterocycles. The molecule has 1 aromatic carbocycles. The molecule has 0 fully saturated rings. The van der Waals surface area contributed by atoms with Crippen molar-refractivity contribution < 1.29 is 5.11 Å². The lowest BCUT2D eigenvalue weighted by Crippen LogP contribution is -2.09. The second-order valence-electron chi connectivity index (χ2n) is 2.98. The summed E-state index contributed by atoms with van der Waals surface area (Å²) in [7, 11) is 0. The third-order valence-corrected chi connectivity index (χ3v) is 2.30. The van der Waals surface area contributed by atoms with Gasteiger partial charge in [-0.25, -0.2) is 0 Å². The van der Waals surface area contributed by atoms with E-state index in [1.165, 1.54) is 6.07 Å². The Morgan fingerprint density at radius 2 is 2.20 bits per heavy atom. The normalized spacial score (nSPS) is 10.1. The fraction of sp³-hybridized carbons (Fsp3) is 0. The van der Waals surface area contributed by atoms with Crippen LogP contribution < -0.4 is 5.56 Å². The Labute approximate surface area is 89.3 Å². The number of nitrogens with one attached hydrogen (secondary N) is 1. The highest BCUT2D eigenvalue weighted by Gasteiger charge is 2.10. The number of pyridine rings is 1. The molecule has 4 nitrogen and oxygen atoms in total. The van der Waals surface area contributed by atoms with E-state index < -0.39 is 5.56 Å². The maximum atomic E-state index is 11.3. The van der Waals surface area contributed by atoms with Gasteiger partial charge in [-0.3, -0.25) is 4.79 Å². The summed E-state index contributed by atoms with van der Waals surface area (Å²) in [6.07, 6.45) is 0. The van der Waals surface area contributed by atoms with Gasteiger partial charge in [0.05, 0.1) is 5.52 Å². The lowest BCUT2D eigenvalue weighted by Gasteiger charge is -2.02. The SMILES string of the molecule is N#Cc1c(O)c2ccc(Cl)cc2[nH]c1=O. The summed E-state index contributed by atoms with van der Waals surface area (Å²) < 4.78 is 0. The van der Waals surface area contributed by atoms with Crippen molar-refractivity contribution in [3.8, 4) is 11.8 Å². The standard InChI is InChI=1S/C10H5ClN2O2/c11-5-1-2-6-8(3-5)13-10(15)7(4-12)9(6)14/h1-3H,(H2,13,14,15). The molecule has 0 spiro atoms. The fourth-order valence-corrected chi connectivity index (χ4v) is 1.53. The van der Waals surface area contributed by atoms with E-state index in [0.717, 1.165) is 0 Å². The zero-order valence-corrected chi connectivity index (χ0v) is 8.17. The van der Waals surface area contributed by atoms with Gasteiger partial charge >= 0.3 is 0 Å². The fourth-order valence-electron chi connectivity index (χ4n) is 1.36. The van der Waals surface area contributed by atoms with Crippen LogP contribution in [0.3, 0.4) is 0 Å². The number of H-pyrrole nitrogens is 1. The van der Waals surface area contributed by atoms with Crippen molar-refractivity contribution in [1.82, 2.24) is 4.98 Å². The molecular formula is C10H5ClN2O2. The summed E-state index contributed by atoms with van der Waals surface area (Å²) in [5.41, 5.74) is -0.501. The van der Waals surface area contributed by atoms with Crippen LogP contribution in [0.4, 0.5) is 0 Å². The highest BCUT2D eigenvalue weighted by Crippen LogP contribution is 2.26. The molecule has 15 heavy (non-hydrogen) atoms. The first-order valence-corrected chi connectivity index (χ1v) is 4.46. The summed E-state index contributed by atoms with van der Waals surface area (Å²) in [5.74, 6) is -0.312. The smallest absolute Gasteiger partial charge is 0.270 e. The quantitative estimate of drug-likeness (QED) is 0.710. The molecule has 0 amide bonds. The van der Waals surface area contributed by atoms with E-state index >= 15 is 0 Å². The Hall–Kier alpha value is -1.99. The van der Waals surface area contributed by atoms with Gasteiger partial charge in [0.1, 0.15) is 11.8 Å². The Bertz CT molecular complexity index is 640. The molecule has 74 valence electrons. The zero-order valence-electron chi connectivity index (χ0n) is 7.41. The van der Waals surface area contributed by atoms with Gasteiger partial charge in [0.25, 0.3) is 5.56 Å². The van der Waals surface area contributed by atoms with Crippen LogP contribution in [0, 0.1) is 11.3 Å². The highest BCUT2D eigenvalue weighted by molar-refractivity contribution is 6.31. The molecule has 0 saturated carbocycles. The highest BCUT2D eigenvalue weighted by atomic mass is 35.5. The van der Waals surface area contributed by atoms with E-state index in [4.69, 9.17) is 16.9 Å². The van der Waals surface area contributed by atoms with Crippen molar-refractivity contribution in [2.45, 2.75) is 0 Å². The van der Waals surface area contributed by atoms with Gasteiger partial charge in [-0.15, -0.1) is 0 Å². The zero-order chi connectivity index (χ0) is 11.0. The summed E-state index contributed by atoms with van der Waals surface area (Å²) in [4.78, 5) is 13.8. The number of nitrogens with zero attached hydrogens (tertiary/aromatic N) is 1. The first-order valence-electron chi connectivity index (χ1n) is 4.08. The predicted molar refractivity (Wildman–Crippen MR) is 56.0 cm³/mol. The van der Waals surface area contributed by atoms with Gasteiger partial charge < -0.3 is 10.1 Å². The van der Waals surface area contributed by atoms with Crippen LogP contribution in [0.2, 0.25) is 5.02 Å². The molecule has 0 aliphatic heterocycles. The third kappa shape index (κ3) is 1.43. The molecule has 5 heteroatoms. The molecule has 0 atom stereocenters. The van der Waals surface area contributed by atoms with Crippen molar-refractivity contribution in [2.75, 3.05) is 0 Å². The molecule has 2 aromatic rings. The number of aromatic hydroxyl groups is 1. The minimum atomic E-state index is -0.621. The van der Waals surface area contributed by atoms with E-state index in [9.17, 15) is 9.90 Å². The number of benzene rings is 1. The van der Waals surface area contributed by atoms with Crippen molar-refractivity contribution in [1.29, 1.82) is 5.26 Å². The van der Waals surface area contributed by atoms with E-state index in [2.05, 4.69) is 4.98 Å². The van der Waals surface area contributed by atoms with Gasteiger partial charge in [0, 0.05) is 10.4 Å². The number of fused-ring (bicyclic) bond motifs is 1. The number of aromatic nitrogens is 1. The third-order valence-electron chi connectivity index (χ3n) is 2.06. The first-order chi connectivity index (χ1) is 7.13. The van der Waals surface area contributed by atoms with E-state index in [1.807, 2.05) is 0 Å². The van der Waals surface area contributed by atoms with Gasteiger partial charge in [-0.1, -0.05) is 11.6 Å². The van der Waals surface area contributed by atoms with E-state index in [0.29, 0.717) is 15.9 Å². The maximum absolute atomic E-state index is 11.3. The Morgan fingerprint density at radius 3 is 2.87 bits per heavy atom. The Kier molecular flexibility index (Phi) is 2.10. The van der Waals surface area contributed by atoms with Crippen molar-refractivity contribution in [2.24, 2.45) is 0 Å². The van der Waals surface area contributed by atoms with Crippen molar-refractivity contribution >= 4 is 22.5 Å². The Balaban J connectivity index is 2.99. The maximum Gasteiger partial charge on any atom is 0.270 e. The molecule has 0 unspecified atom stereocenters. The number of halogens is 1. The first kappa shape index (κ1) is 9.56. The van der Waals surface area contributed by atoms with Crippen LogP contribution in [-0.4, -0.2) is 10.1 Å². The topological polar surface area (TPSA) is 76.9 Å². The van der Waals surface area contributed by atoms with E-state index in [1.54, 1.807) is 18.2 Å². The number of hydrogen-bond acceptors (Lipinski definition) is 3. The lowest BCUT2D eigenvalue weighted by molar-refractivity contribution is 0.478. The largest absolute Gasteiger partial charge is 0.506 e. The predicted octanol–water partition coefficient (Wildman–Crippen LogP) is 1.76. The average Bonchev–Trinajstić information content (AvgIpc) is 2.17. The van der Waals surface area contributed by atoms with Gasteiger partial charge in [-0.2, -0.15) is 5.26 Å². The average molecular weight is 221 g/mol. The number of hydrogen-bond donors (Lipinski definition) is 2. The van der Waals surface area contributed by atoms with Gasteiger partial charge in [0.2, 0.25) is 0 Å². The summed E-state index contributed by atoms with van der Waals surface area (Å²) >= 11 is 5.73. The molecule has 2 rings (SSSR count). The molecule has 0 aliphatic carbocycles. The molecule has 1 heterocycles. The minimum absolute atomic E-state index is 0.287. The van der Waals surface area contributed by atoms with Gasteiger partial charge in [-0.05, 0) is 18.2 Å². The molecule has 0 aliphatic rings. The second-order valence-corrected chi connectivity index (χ2v) is 3.42. The van der Waals surface area contributed by atoms with Gasteiger partial charge in [0.15, 0.2) is 5.56 Å². The van der Waals surface area contributed by atoms with Crippen LogP contribution in [0.1, 0.15) is 5.56 Å². The summed E-state index contributed by atoms with van der Waals surface area (Å²) in [6, 6.07) is 6.27. The van der Waals surface area contributed by atoms with Crippen LogP contribution in [0.25, 0.3) is 10.9 Å². The van der Waals surface area contributed by atoms with Crippen LogP contribution in [0.15, 0.2) is 23.0 Å². The van der Waals surface area contributed by atoms with Crippen LogP contribution in [-0.2, 0) is 0 Å². The Morgan fingerprint density at radius 1 is 1.47 bits per heavy atom. The molecule has 0 saturated heterocycles. The monoisotopic (exact) mass is 220 g/mol. The minimum Gasteiger partial charge on any atom is -0.506 e. The number of nitriles is 1. The van der Waals surface area contributed by atoms with E-state index in [-0.39, 0.29) is 11.3 Å². The van der Waals surface area contributed by atoms with Crippen LogP contribution in [0.5, 0.6) is 5.75 Å². The molecule has 0 bridgehead atoms. The molecule has 0 radical (unpaired) electrons. The second kappa shape index (κ2) is 3.30. The lowest BCUT2D eigenvalue weighted by atomic mass is 10.1. The molecular weight excluding hydrogens is 216 g/mol. The van der Waals surface area contributed by atoms with Crippen molar-refractivity contribution in [3.63, 3.8) is 0 Å². The molecule has 2 N–H and O–H groups in total. The number of rotatable bonds is 0. The van der Waals surface area contributed by atoms with Crippen LogP contribution >= 0.6 is 11.6 Å².